The first-order valence-electron chi connectivity index (χ1n) is 8.83. The first-order valence-corrected chi connectivity index (χ1v) is 8.83. The molecule has 0 saturated heterocycles. The lowest BCUT2D eigenvalue weighted by atomic mass is 10.1. The number of nitrogens with one attached hydrogen (secondary N) is 1. The summed E-state index contributed by atoms with van der Waals surface area (Å²) < 4.78 is 3.71. The van der Waals surface area contributed by atoms with Crippen LogP contribution in [0.25, 0.3) is 11.4 Å². The van der Waals surface area contributed by atoms with E-state index >= 15 is 0 Å². The second kappa shape index (κ2) is 7.95. The molecule has 1 N–H and O–H groups in total. The molecule has 0 fully saturated rings. The summed E-state index contributed by atoms with van der Waals surface area (Å²) in [5.41, 5.74) is 1.50. The van der Waals surface area contributed by atoms with Gasteiger partial charge in [-0.1, -0.05) is 12.1 Å². The highest BCUT2D eigenvalue weighted by Gasteiger charge is 2.14. The molecular weight excluding hydrogens is 328 g/mol. The van der Waals surface area contributed by atoms with Gasteiger partial charge in [0.05, 0.1) is 0 Å². The Morgan fingerprint density at radius 1 is 1.19 bits per heavy atom. The van der Waals surface area contributed by atoms with Gasteiger partial charge in [-0.3, -0.25) is 9.48 Å². The average molecular weight is 352 g/mol. The van der Waals surface area contributed by atoms with Crippen molar-refractivity contribution in [3.63, 3.8) is 0 Å². The van der Waals surface area contributed by atoms with Gasteiger partial charge in [0.25, 0.3) is 5.91 Å². The number of aryl methyl sites for hydroxylation is 1. The van der Waals surface area contributed by atoms with Crippen molar-refractivity contribution in [2.75, 3.05) is 0 Å². The molecule has 3 rings (SSSR count). The summed E-state index contributed by atoms with van der Waals surface area (Å²) in [6.07, 6.45) is 6.03. The smallest absolute Gasteiger partial charge is 0.251 e. The molecule has 2 aromatic heterocycles. The van der Waals surface area contributed by atoms with Crippen LogP contribution in [-0.4, -0.2) is 36.5 Å². The van der Waals surface area contributed by atoms with Crippen LogP contribution in [0, 0.1) is 0 Å². The monoisotopic (exact) mass is 352 g/mol. The van der Waals surface area contributed by atoms with E-state index in [1.54, 1.807) is 12.5 Å². The normalized spacial score (nSPS) is 12.3. The molecule has 26 heavy (non-hydrogen) atoms. The minimum Gasteiger partial charge on any atom is -0.350 e. The van der Waals surface area contributed by atoms with Crippen LogP contribution in [0.2, 0.25) is 0 Å². The van der Waals surface area contributed by atoms with E-state index in [4.69, 9.17) is 0 Å². The van der Waals surface area contributed by atoms with Crippen LogP contribution in [0.1, 0.15) is 43.6 Å². The maximum atomic E-state index is 12.6. The Labute approximate surface area is 153 Å². The summed E-state index contributed by atoms with van der Waals surface area (Å²) in [5.74, 6) is 0.678. The minimum absolute atomic E-state index is 0.0506. The Kier molecular flexibility index (Phi) is 5.46. The van der Waals surface area contributed by atoms with E-state index in [-0.39, 0.29) is 18.0 Å². The standard InChI is InChI=1S/C19H24N6O/c1-14(2)25-18(20-13-22-25)16-6-4-7-17(12-16)19(26)23-15(3)8-11-24-10-5-9-21-24/h4-7,9-10,12-15H,8,11H2,1-3H3,(H,23,26). The van der Waals surface area contributed by atoms with Crippen molar-refractivity contribution < 1.29 is 4.79 Å². The summed E-state index contributed by atoms with van der Waals surface area (Å²) in [6, 6.07) is 9.64. The molecular formula is C19H24N6O. The van der Waals surface area contributed by atoms with E-state index in [1.807, 2.05) is 52.8 Å². The van der Waals surface area contributed by atoms with Crippen LogP contribution < -0.4 is 5.32 Å². The second-order valence-corrected chi connectivity index (χ2v) is 6.64. The van der Waals surface area contributed by atoms with Crippen LogP contribution in [-0.2, 0) is 6.54 Å². The fourth-order valence-electron chi connectivity index (χ4n) is 2.77. The van der Waals surface area contributed by atoms with Crippen molar-refractivity contribution in [3.05, 3.63) is 54.6 Å². The summed E-state index contributed by atoms with van der Waals surface area (Å²) in [7, 11) is 0. The van der Waals surface area contributed by atoms with Crippen molar-refractivity contribution in [3.8, 4) is 11.4 Å². The molecule has 2 heterocycles. The summed E-state index contributed by atoms with van der Waals surface area (Å²) in [4.78, 5) is 16.9. The maximum Gasteiger partial charge on any atom is 0.251 e. The lowest BCUT2D eigenvalue weighted by molar-refractivity contribution is 0.0937. The number of nitrogens with zero attached hydrogens (tertiary/aromatic N) is 5. The Morgan fingerprint density at radius 2 is 2.04 bits per heavy atom. The van der Waals surface area contributed by atoms with E-state index in [1.165, 1.54) is 0 Å². The average Bonchev–Trinajstić information content (AvgIpc) is 3.31. The molecule has 0 bridgehead atoms. The molecule has 7 nitrogen and oxygen atoms in total. The minimum atomic E-state index is -0.0876. The van der Waals surface area contributed by atoms with Gasteiger partial charge in [0.15, 0.2) is 5.82 Å². The van der Waals surface area contributed by atoms with Crippen LogP contribution in [0.3, 0.4) is 0 Å². The number of hydrogen-bond donors (Lipinski definition) is 1. The zero-order chi connectivity index (χ0) is 18.5. The van der Waals surface area contributed by atoms with Crippen LogP contribution in [0.4, 0.5) is 0 Å². The van der Waals surface area contributed by atoms with Crippen molar-refractivity contribution in [2.24, 2.45) is 0 Å². The van der Waals surface area contributed by atoms with Gasteiger partial charge in [-0.2, -0.15) is 10.2 Å². The molecule has 1 atom stereocenters. The zero-order valence-corrected chi connectivity index (χ0v) is 15.3. The van der Waals surface area contributed by atoms with Crippen molar-refractivity contribution in [1.29, 1.82) is 0 Å². The summed E-state index contributed by atoms with van der Waals surface area (Å²) in [6.45, 7) is 6.87. The van der Waals surface area contributed by atoms with Gasteiger partial charge in [0.2, 0.25) is 0 Å². The Hall–Kier alpha value is -2.96. The van der Waals surface area contributed by atoms with Crippen LogP contribution in [0.5, 0.6) is 0 Å². The van der Waals surface area contributed by atoms with Gasteiger partial charge in [0, 0.05) is 42.1 Å². The number of carbonyl (C=O) groups excluding carboxylic acids is 1. The third kappa shape index (κ3) is 4.17. The van der Waals surface area contributed by atoms with Crippen molar-refractivity contribution in [1.82, 2.24) is 29.9 Å². The van der Waals surface area contributed by atoms with Gasteiger partial charge < -0.3 is 5.32 Å². The van der Waals surface area contributed by atoms with Crippen LogP contribution >= 0.6 is 0 Å². The first kappa shape index (κ1) is 17.8. The molecule has 0 saturated carbocycles. The van der Waals surface area contributed by atoms with Gasteiger partial charge >= 0.3 is 0 Å². The number of carbonyl (C=O) groups is 1. The number of benzene rings is 1. The Bertz CT molecular complexity index is 853. The van der Waals surface area contributed by atoms with E-state index in [0.29, 0.717) is 5.56 Å². The predicted molar refractivity (Wildman–Crippen MR) is 99.6 cm³/mol. The molecule has 0 aliphatic carbocycles. The highest BCUT2D eigenvalue weighted by molar-refractivity contribution is 5.95. The highest BCUT2D eigenvalue weighted by atomic mass is 16.1. The number of rotatable bonds is 7. The summed E-state index contributed by atoms with van der Waals surface area (Å²) >= 11 is 0. The Balaban J connectivity index is 1.67. The van der Waals surface area contributed by atoms with Crippen LogP contribution in [0.15, 0.2) is 49.1 Å². The number of hydrogen-bond acceptors (Lipinski definition) is 4. The number of amides is 1. The molecule has 1 amide bonds. The molecule has 7 heteroatoms. The van der Waals surface area contributed by atoms with E-state index < -0.39 is 0 Å². The predicted octanol–water partition coefficient (Wildman–Crippen LogP) is 2.93. The molecule has 136 valence electrons. The fraction of sp³-hybridized carbons (Fsp3) is 0.368. The third-order valence-electron chi connectivity index (χ3n) is 4.17. The van der Waals surface area contributed by atoms with Gasteiger partial charge in [-0.05, 0) is 45.4 Å². The van der Waals surface area contributed by atoms with E-state index in [9.17, 15) is 4.79 Å². The molecule has 0 aliphatic rings. The fourth-order valence-corrected chi connectivity index (χ4v) is 2.77. The lowest BCUT2D eigenvalue weighted by Crippen LogP contribution is -2.33. The summed E-state index contributed by atoms with van der Waals surface area (Å²) in [5, 5.41) is 11.5. The SMILES string of the molecule is CC(CCn1cccn1)NC(=O)c1cccc(-c2ncnn2C(C)C)c1. The molecule has 0 spiro atoms. The number of aromatic nitrogens is 5. The highest BCUT2D eigenvalue weighted by Crippen LogP contribution is 2.20. The molecule has 1 unspecified atom stereocenters. The molecule has 0 radical (unpaired) electrons. The second-order valence-electron chi connectivity index (χ2n) is 6.64. The molecule has 3 aromatic rings. The van der Waals surface area contributed by atoms with Crippen molar-refractivity contribution in [2.45, 2.75) is 45.8 Å². The topological polar surface area (TPSA) is 77.6 Å². The quantitative estimate of drug-likeness (QED) is 0.709. The zero-order valence-electron chi connectivity index (χ0n) is 15.3. The third-order valence-corrected chi connectivity index (χ3v) is 4.17. The van der Waals surface area contributed by atoms with E-state index in [2.05, 4.69) is 34.3 Å². The molecule has 1 aromatic carbocycles. The van der Waals surface area contributed by atoms with Gasteiger partial charge in [0.1, 0.15) is 6.33 Å². The van der Waals surface area contributed by atoms with Gasteiger partial charge in [-0.15, -0.1) is 0 Å². The van der Waals surface area contributed by atoms with E-state index in [0.717, 1.165) is 24.4 Å². The van der Waals surface area contributed by atoms with Crippen molar-refractivity contribution >= 4 is 5.91 Å². The molecule has 0 aliphatic heterocycles. The largest absolute Gasteiger partial charge is 0.350 e. The lowest BCUT2D eigenvalue weighted by Gasteiger charge is -2.15. The van der Waals surface area contributed by atoms with Gasteiger partial charge in [-0.25, -0.2) is 9.67 Å². The Morgan fingerprint density at radius 3 is 2.77 bits per heavy atom. The maximum absolute atomic E-state index is 12.6. The first-order chi connectivity index (χ1) is 12.5.